The zero-order chi connectivity index (χ0) is 14.5. The van der Waals surface area contributed by atoms with Crippen molar-refractivity contribution in [3.8, 4) is 0 Å². The summed E-state index contributed by atoms with van der Waals surface area (Å²) in [6, 6.07) is 0. The van der Waals surface area contributed by atoms with Crippen LogP contribution in [0.25, 0.3) is 0 Å². The summed E-state index contributed by atoms with van der Waals surface area (Å²) in [6.45, 7) is 6.12. The predicted molar refractivity (Wildman–Crippen MR) is 72.1 cm³/mol. The Morgan fingerprint density at radius 3 is 2.75 bits per heavy atom. The van der Waals surface area contributed by atoms with Gasteiger partial charge in [0.15, 0.2) is 0 Å². The van der Waals surface area contributed by atoms with Crippen LogP contribution < -0.4 is 0 Å². The van der Waals surface area contributed by atoms with Gasteiger partial charge in [0.2, 0.25) is 5.91 Å². The van der Waals surface area contributed by atoms with Gasteiger partial charge in [0.05, 0.1) is 12.0 Å². The average molecular weight is 281 g/mol. The van der Waals surface area contributed by atoms with E-state index >= 15 is 0 Å². The Morgan fingerprint density at radius 2 is 2.20 bits per heavy atom. The Kier molecular flexibility index (Phi) is 3.08. The monoisotopic (exact) mass is 281 g/mol. The fourth-order valence-electron chi connectivity index (χ4n) is 3.87. The van der Waals surface area contributed by atoms with E-state index in [2.05, 4.69) is 13.8 Å². The van der Waals surface area contributed by atoms with Crippen LogP contribution in [0.2, 0.25) is 0 Å². The first kappa shape index (κ1) is 13.9. The van der Waals surface area contributed by atoms with E-state index in [1.54, 1.807) is 4.90 Å². The van der Waals surface area contributed by atoms with E-state index in [4.69, 9.17) is 4.74 Å². The van der Waals surface area contributed by atoms with E-state index in [1.165, 1.54) is 0 Å². The molecule has 20 heavy (non-hydrogen) atoms. The van der Waals surface area contributed by atoms with Crippen molar-refractivity contribution in [2.24, 2.45) is 22.7 Å². The van der Waals surface area contributed by atoms with Gasteiger partial charge in [0, 0.05) is 31.5 Å². The van der Waals surface area contributed by atoms with Crippen LogP contribution in [0, 0.1) is 22.7 Å². The molecule has 3 rings (SSSR count). The first-order valence-electron chi connectivity index (χ1n) is 7.53. The van der Waals surface area contributed by atoms with Crippen LogP contribution in [0.3, 0.4) is 0 Å². The third-order valence-electron chi connectivity index (χ3n) is 5.90. The van der Waals surface area contributed by atoms with Gasteiger partial charge in [-0.05, 0) is 24.7 Å². The largest absolute Gasteiger partial charge is 0.481 e. The molecule has 1 N–H and O–H groups in total. The number of likely N-dealkylation sites (tertiary alicyclic amines) is 1. The standard InChI is InChI=1S/C15H23NO4/c1-3-14(2)6-11(14)12(17)16-7-10-8-20-5-4-15(10,9-16)13(18)19/h10-11H,3-9H2,1-2H3,(H,18,19)/t10-,11?,14?,15+/m0/s1. The van der Waals surface area contributed by atoms with Crippen LogP contribution in [-0.4, -0.2) is 48.2 Å². The molecule has 1 amide bonds. The van der Waals surface area contributed by atoms with Crippen LogP contribution in [0.4, 0.5) is 0 Å². The Hall–Kier alpha value is -1.10. The van der Waals surface area contributed by atoms with Crippen LogP contribution in [0.1, 0.15) is 33.1 Å². The minimum Gasteiger partial charge on any atom is -0.481 e. The first-order valence-corrected chi connectivity index (χ1v) is 7.53. The molecule has 0 aromatic rings. The number of carboxylic acid groups (broad SMARTS) is 1. The number of carboxylic acids is 1. The van der Waals surface area contributed by atoms with Crippen LogP contribution in [0.15, 0.2) is 0 Å². The number of hydrogen-bond acceptors (Lipinski definition) is 3. The quantitative estimate of drug-likeness (QED) is 0.848. The summed E-state index contributed by atoms with van der Waals surface area (Å²) in [5.74, 6) is -0.566. The second-order valence-corrected chi connectivity index (χ2v) is 6.97. The summed E-state index contributed by atoms with van der Waals surface area (Å²) in [6.07, 6.45) is 2.47. The Bertz CT molecular complexity index is 451. The second-order valence-electron chi connectivity index (χ2n) is 6.97. The number of fused-ring (bicyclic) bond motifs is 1. The number of carbonyl (C=O) groups excluding carboxylic acids is 1. The van der Waals surface area contributed by atoms with Gasteiger partial charge in [0.25, 0.3) is 0 Å². The molecule has 1 saturated carbocycles. The van der Waals surface area contributed by atoms with Gasteiger partial charge in [0.1, 0.15) is 0 Å². The number of rotatable bonds is 3. The highest BCUT2D eigenvalue weighted by Gasteiger charge is 2.59. The summed E-state index contributed by atoms with van der Waals surface area (Å²) >= 11 is 0. The smallest absolute Gasteiger partial charge is 0.311 e. The molecule has 0 radical (unpaired) electrons. The summed E-state index contributed by atoms with van der Waals surface area (Å²) in [5.41, 5.74) is -0.636. The highest BCUT2D eigenvalue weighted by atomic mass is 16.5. The lowest BCUT2D eigenvalue weighted by Crippen LogP contribution is -2.45. The molecule has 5 nitrogen and oxygen atoms in total. The van der Waals surface area contributed by atoms with Crippen molar-refractivity contribution in [2.75, 3.05) is 26.3 Å². The second kappa shape index (κ2) is 4.45. The van der Waals surface area contributed by atoms with E-state index < -0.39 is 11.4 Å². The summed E-state index contributed by atoms with van der Waals surface area (Å²) in [5, 5.41) is 9.61. The van der Waals surface area contributed by atoms with Crippen molar-refractivity contribution in [1.82, 2.24) is 4.90 Å². The van der Waals surface area contributed by atoms with Gasteiger partial charge in [-0.2, -0.15) is 0 Å². The summed E-state index contributed by atoms with van der Waals surface area (Å²) in [7, 11) is 0. The van der Waals surface area contributed by atoms with Gasteiger partial charge in [-0.15, -0.1) is 0 Å². The number of ether oxygens (including phenoxy) is 1. The third kappa shape index (κ3) is 1.86. The maximum absolute atomic E-state index is 12.6. The maximum Gasteiger partial charge on any atom is 0.311 e. The topological polar surface area (TPSA) is 66.8 Å². The predicted octanol–water partition coefficient (Wildman–Crippen LogP) is 1.37. The van der Waals surface area contributed by atoms with Crippen LogP contribution in [-0.2, 0) is 14.3 Å². The molecule has 3 aliphatic rings. The SMILES string of the molecule is CCC1(C)CC1C(=O)N1C[C@H]2COCC[C@@]2(C(=O)O)C1. The van der Waals surface area contributed by atoms with E-state index in [-0.39, 0.29) is 23.2 Å². The molecule has 0 aromatic carbocycles. The van der Waals surface area contributed by atoms with Gasteiger partial charge in [-0.3, -0.25) is 9.59 Å². The molecule has 112 valence electrons. The zero-order valence-electron chi connectivity index (χ0n) is 12.2. The van der Waals surface area contributed by atoms with Crippen molar-refractivity contribution >= 4 is 11.9 Å². The van der Waals surface area contributed by atoms with Crippen molar-refractivity contribution in [1.29, 1.82) is 0 Å². The van der Waals surface area contributed by atoms with Crippen LogP contribution in [0.5, 0.6) is 0 Å². The molecule has 2 saturated heterocycles. The minimum atomic E-state index is -0.772. The van der Waals surface area contributed by atoms with Crippen molar-refractivity contribution in [3.63, 3.8) is 0 Å². The molecular weight excluding hydrogens is 258 g/mol. The average Bonchev–Trinajstić information content (AvgIpc) is 2.96. The normalized spacial score (nSPS) is 43.2. The maximum atomic E-state index is 12.6. The van der Waals surface area contributed by atoms with E-state index in [9.17, 15) is 14.7 Å². The first-order chi connectivity index (χ1) is 9.43. The molecule has 2 heterocycles. The number of amides is 1. The molecule has 4 atom stereocenters. The number of nitrogens with zero attached hydrogens (tertiary/aromatic N) is 1. The van der Waals surface area contributed by atoms with Crippen molar-refractivity contribution < 1.29 is 19.4 Å². The Labute approximate surface area is 119 Å². The fourth-order valence-corrected chi connectivity index (χ4v) is 3.87. The molecule has 1 aliphatic carbocycles. The lowest BCUT2D eigenvalue weighted by molar-refractivity contribution is -0.157. The van der Waals surface area contributed by atoms with E-state index in [0.717, 1.165) is 12.8 Å². The molecule has 0 spiro atoms. The number of hydrogen-bond donors (Lipinski definition) is 1. The highest BCUT2D eigenvalue weighted by Crippen LogP contribution is 2.56. The minimum absolute atomic E-state index is 0.0515. The fraction of sp³-hybridized carbons (Fsp3) is 0.867. The third-order valence-corrected chi connectivity index (χ3v) is 5.90. The van der Waals surface area contributed by atoms with Crippen molar-refractivity contribution in [2.45, 2.75) is 33.1 Å². The molecular formula is C15H23NO4. The van der Waals surface area contributed by atoms with Crippen molar-refractivity contribution in [3.05, 3.63) is 0 Å². The number of carbonyl (C=O) groups is 2. The molecule has 3 fully saturated rings. The van der Waals surface area contributed by atoms with Gasteiger partial charge < -0.3 is 14.7 Å². The Morgan fingerprint density at radius 1 is 1.45 bits per heavy atom. The lowest BCUT2D eigenvalue weighted by Gasteiger charge is -2.33. The Balaban J connectivity index is 1.75. The summed E-state index contributed by atoms with van der Waals surface area (Å²) < 4.78 is 5.42. The van der Waals surface area contributed by atoms with E-state index in [0.29, 0.717) is 32.7 Å². The van der Waals surface area contributed by atoms with Gasteiger partial charge >= 0.3 is 5.97 Å². The molecule has 5 heteroatoms. The molecule has 0 aromatic heterocycles. The van der Waals surface area contributed by atoms with E-state index in [1.807, 2.05) is 0 Å². The lowest BCUT2D eigenvalue weighted by atomic mass is 9.74. The summed E-state index contributed by atoms with van der Waals surface area (Å²) in [4.78, 5) is 26.1. The molecule has 2 aliphatic heterocycles. The zero-order valence-corrected chi connectivity index (χ0v) is 12.2. The van der Waals surface area contributed by atoms with Gasteiger partial charge in [-0.1, -0.05) is 13.8 Å². The molecule has 2 unspecified atom stereocenters. The van der Waals surface area contributed by atoms with Crippen LogP contribution >= 0.6 is 0 Å². The number of aliphatic carboxylic acids is 1. The molecule has 0 bridgehead atoms. The van der Waals surface area contributed by atoms with Gasteiger partial charge in [-0.25, -0.2) is 0 Å². The highest BCUT2D eigenvalue weighted by molar-refractivity contribution is 5.85.